The summed E-state index contributed by atoms with van der Waals surface area (Å²) >= 11 is 0. The lowest BCUT2D eigenvalue weighted by molar-refractivity contribution is -0.168. The number of piperidine rings is 1. The van der Waals surface area contributed by atoms with Crippen LogP contribution in [-0.2, 0) is 22.6 Å². The van der Waals surface area contributed by atoms with E-state index < -0.39 is 17.4 Å². The number of benzene rings is 2. The molecule has 1 fully saturated rings. The lowest BCUT2D eigenvalue weighted by Gasteiger charge is -2.36. The van der Waals surface area contributed by atoms with Gasteiger partial charge in [0.1, 0.15) is 11.4 Å². The van der Waals surface area contributed by atoms with Crippen molar-refractivity contribution in [2.24, 2.45) is 5.41 Å². The molecule has 5 rings (SSSR count). The number of ether oxygens (including phenoxy) is 1. The molecule has 1 aromatic heterocycles. The molecule has 0 spiro atoms. The zero-order valence-electron chi connectivity index (χ0n) is 19.7. The highest BCUT2D eigenvalue weighted by molar-refractivity contribution is 5.98. The van der Waals surface area contributed by atoms with E-state index in [1.54, 1.807) is 0 Å². The second-order valence-electron chi connectivity index (χ2n) is 9.95. The van der Waals surface area contributed by atoms with Crippen LogP contribution in [0.1, 0.15) is 37.8 Å². The van der Waals surface area contributed by atoms with Crippen LogP contribution in [0.4, 0.5) is 0 Å². The first-order valence-corrected chi connectivity index (χ1v) is 11.6. The van der Waals surface area contributed by atoms with Crippen LogP contribution < -0.4 is 4.74 Å². The minimum atomic E-state index is -1.68. The monoisotopic (exact) mass is 477 g/mol. The molecule has 0 atom stereocenters. The molecule has 0 saturated carbocycles. The molecule has 0 aliphatic carbocycles. The highest BCUT2D eigenvalue weighted by Gasteiger charge is 2.48. The summed E-state index contributed by atoms with van der Waals surface area (Å²) < 4.78 is 11.5. The van der Waals surface area contributed by atoms with E-state index in [9.17, 15) is 19.8 Å². The van der Waals surface area contributed by atoms with Crippen molar-refractivity contribution in [3.63, 3.8) is 0 Å². The van der Waals surface area contributed by atoms with Crippen LogP contribution in [0.25, 0.3) is 22.8 Å². The quantitative estimate of drug-likeness (QED) is 0.509. The van der Waals surface area contributed by atoms with Gasteiger partial charge in [-0.25, -0.2) is 0 Å². The SMILES string of the molecule is CC1(C)Cc2cc(-c3nc(-c4ccc(CN5CCC(C(=O)O)(C(=O)O)CC5)cc4)no3)ccc2O1. The van der Waals surface area contributed by atoms with Crippen LogP contribution in [-0.4, -0.2) is 55.9 Å². The maximum atomic E-state index is 11.5. The van der Waals surface area contributed by atoms with Gasteiger partial charge in [0.15, 0.2) is 5.41 Å². The number of rotatable bonds is 6. The lowest BCUT2D eigenvalue weighted by Crippen LogP contribution is -2.48. The number of likely N-dealkylation sites (tertiary alicyclic amines) is 1. The number of aromatic nitrogens is 2. The number of hydrogen-bond acceptors (Lipinski definition) is 7. The Morgan fingerprint density at radius 3 is 2.31 bits per heavy atom. The molecule has 3 heterocycles. The second-order valence-corrected chi connectivity index (χ2v) is 9.95. The van der Waals surface area contributed by atoms with Crippen molar-refractivity contribution < 1.29 is 29.1 Å². The molecule has 3 aromatic rings. The summed E-state index contributed by atoms with van der Waals surface area (Å²) in [5, 5.41) is 22.9. The van der Waals surface area contributed by atoms with Crippen molar-refractivity contribution in [2.45, 2.75) is 45.3 Å². The van der Waals surface area contributed by atoms with Crippen molar-refractivity contribution >= 4 is 11.9 Å². The fourth-order valence-corrected chi connectivity index (χ4v) is 4.83. The van der Waals surface area contributed by atoms with Crippen LogP contribution >= 0.6 is 0 Å². The lowest BCUT2D eigenvalue weighted by atomic mass is 9.78. The van der Waals surface area contributed by atoms with Gasteiger partial charge in [-0.1, -0.05) is 29.4 Å². The molecule has 182 valence electrons. The summed E-state index contributed by atoms with van der Waals surface area (Å²) in [5.41, 5.74) is 1.94. The highest BCUT2D eigenvalue weighted by atomic mass is 16.5. The Morgan fingerprint density at radius 1 is 1.00 bits per heavy atom. The van der Waals surface area contributed by atoms with Crippen LogP contribution in [0.3, 0.4) is 0 Å². The minimum Gasteiger partial charge on any atom is -0.487 e. The summed E-state index contributed by atoms with van der Waals surface area (Å²) in [7, 11) is 0. The first-order valence-electron chi connectivity index (χ1n) is 11.6. The summed E-state index contributed by atoms with van der Waals surface area (Å²) in [6.07, 6.45) is 1.00. The summed E-state index contributed by atoms with van der Waals surface area (Å²) in [4.78, 5) is 29.6. The van der Waals surface area contributed by atoms with E-state index in [4.69, 9.17) is 9.26 Å². The number of fused-ring (bicyclic) bond motifs is 1. The van der Waals surface area contributed by atoms with Gasteiger partial charge in [-0.15, -0.1) is 0 Å². The third-order valence-corrected chi connectivity index (χ3v) is 6.88. The number of aliphatic carboxylic acids is 2. The Bertz CT molecular complexity index is 1260. The van der Waals surface area contributed by atoms with E-state index >= 15 is 0 Å². The minimum absolute atomic E-state index is 0.0910. The first kappa shape index (κ1) is 23.0. The molecule has 9 heteroatoms. The fourth-order valence-electron chi connectivity index (χ4n) is 4.83. The molecule has 0 bridgehead atoms. The third-order valence-electron chi connectivity index (χ3n) is 6.88. The van der Waals surface area contributed by atoms with Gasteiger partial charge in [-0.2, -0.15) is 4.98 Å². The Labute approximate surface area is 202 Å². The third kappa shape index (κ3) is 4.39. The normalized spacial score (nSPS) is 18.6. The van der Waals surface area contributed by atoms with Gasteiger partial charge in [0.05, 0.1) is 0 Å². The molecule has 2 aliphatic heterocycles. The zero-order chi connectivity index (χ0) is 24.8. The summed E-state index contributed by atoms with van der Waals surface area (Å²) in [6.45, 7) is 5.56. The molecule has 9 nitrogen and oxygen atoms in total. The Morgan fingerprint density at radius 2 is 1.66 bits per heavy atom. The molecule has 0 unspecified atom stereocenters. The van der Waals surface area contributed by atoms with E-state index in [1.165, 1.54) is 0 Å². The maximum absolute atomic E-state index is 11.5. The smallest absolute Gasteiger partial charge is 0.321 e. The van der Waals surface area contributed by atoms with Crippen LogP contribution in [0, 0.1) is 5.41 Å². The van der Waals surface area contributed by atoms with Gasteiger partial charge < -0.3 is 19.5 Å². The molecule has 1 saturated heterocycles. The number of nitrogens with zero attached hydrogens (tertiary/aromatic N) is 3. The van der Waals surface area contributed by atoms with E-state index in [-0.39, 0.29) is 18.4 Å². The van der Waals surface area contributed by atoms with Crippen molar-refractivity contribution in [2.75, 3.05) is 13.1 Å². The predicted octanol–water partition coefficient (Wildman–Crippen LogP) is 3.87. The average molecular weight is 478 g/mol. The molecule has 2 aliphatic rings. The molecule has 2 N–H and O–H groups in total. The van der Waals surface area contributed by atoms with Crippen molar-refractivity contribution in [3.8, 4) is 28.6 Å². The number of carboxylic acids is 2. The Hall–Kier alpha value is -3.72. The molecule has 0 amide bonds. The number of hydrogen-bond donors (Lipinski definition) is 2. The highest BCUT2D eigenvalue weighted by Crippen LogP contribution is 2.37. The zero-order valence-corrected chi connectivity index (χ0v) is 19.7. The van der Waals surface area contributed by atoms with Crippen molar-refractivity contribution in [1.82, 2.24) is 15.0 Å². The number of carboxylic acid groups (broad SMARTS) is 2. The van der Waals surface area contributed by atoms with Gasteiger partial charge >= 0.3 is 11.9 Å². The van der Waals surface area contributed by atoms with E-state index in [1.807, 2.05) is 42.5 Å². The van der Waals surface area contributed by atoms with E-state index in [0.29, 0.717) is 31.3 Å². The Balaban J connectivity index is 1.24. The summed E-state index contributed by atoms with van der Waals surface area (Å²) in [6, 6.07) is 13.7. The molecular formula is C26H27N3O6. The van der Waals surface area contributed by atoms with Crippen LogP contribution in [0.5, 0.6) is 5.75 Å². The van der Waals surface area contributed by atoms with Crippen molar-refractivity contribution in [1.29, 1.82) is 0 Å². The number of carbonyl (C=O) groups is 2. The largest absolute Gasteiger partial charge is 0.487 e. The second kappa shape index (κ2) is 8.49. The molecular weight excluding hydrogens is 450 g/mol. The molecule has 35 heavy (non-hydrogen) atoms. The van der Waals surface area contributed by atoms with Gasteiger partial charge in [-0.3, -0.25) is 14.5 Å². The van der Waals surface area contributed by atoms with Gasteiger partial charge in [0, 0.05) is 37.2 Å². The fraction of sp³-hybridized carbons (Fsp3) is 0.385. The van der Waals surface area contributed by atoms with Gasteiger partial charge in [-0.05, 0) is 56.0 Å². The van der Waals surface area contributed by atoms with Gasteiger partial charge in [0.2, 0.25) is 5.82 Å². The van der Waals surface area contributed by atoms with Gasteiger partial charge in [0.25, 0.3) is 5.89 Å². The standard InChI is InChI=1S/C26H27N3O6/c1-25(2)14-19-13-18(7-8-20(19)34-25)22-27-21(28-35-22)17-5-3-16(4-6-17)15-29-11-9-26(10-12-29,23(30)31)24(32)33/h3-8,13H,9-12,14-15H2,1-2H3,(H,30,31)(H,32,33). The first-order chi connectivity index (χ1) is 16.6. The maximum Gasteiger partial charge on any atom is 0.321 e. The predicted molar refractivity (Wildman–Crippen MR) is 126 cm³/mol. The molecule has 0 radical (unpaired) electrons. The van der Waals surface area contributed by atoms with E-state index in [2.05, 4.69) is 28.9 Å². The Kier molecular flexibility index (Phi) is 5.59. The van der Waals surface area contributed by atoms with Crippen LogP contribution in [0.15, 0.2) is 47.0 Å². The topological polar surface area (TPSA) is 126 Å². The van der Waals surface area contributed by atoms with Crippen molar-refractivity contribution in [3.05, 3.63) is 53.6 Å². The average Bonchev–Trinajstić information content (AvgIpc) is 3.42. The summed E-state index contributed by atoms with van der Waals surface area (Å²) in [5.74, 6) is -0.685. The van der Waals surface area contributed by atoms with Crippen LogP contribution in [0.2, 0.25) is 0 Å². The van der Waals surface area contributed by atoms with E-state index in [0.717, 1.165) is 34.4 Å². The molecule has 2 aromatic carbocycles.